The van der Waals surface area contributed by atoms with Crippen LogP contribution in [0.15, 0.2) is 11.1 Å². The van der Waals surface area contributed by atoms with Gasteiger partial charge in [-0.2, -0.15) is 0 Å². The predicted octanol–water partition coefficient (Wildman–Crippen LogP) is 1.94. The number of hydrogen-bond donors (Lipinski definition) is 0. The molecule has 0 aliphatic heterocycles. The Hall–Kier alpha value is -0.0100. The average molecular weight is 120 g/mol. The monoisotopic (exact) mass is 119 g/mol. The van der Waals surface area contributed by atoms with Gasteiger partial charge in [0.2, 0.25) is 0 Å². The second-order valence-corrected chi connectivity index (χ2v) is 1.76. The van der Waals surface area contributed by atoms with E-state index < -0.39 is 0 Å². The van der Waals surface area contributed by atoms with Gasteiger partial charge in [0.25, 0.3) is 0 Å². The lowest BCUT2D eigenvalue weighted by molar-refractivity contribution is 0.281. The van der Waals surface area contributed by atoms with Gasteiger partial charge in [0.15, 0.2) is 0 Å². The van der Waals surface area contributed by atoms with E-state index in [4.69, 9.17) is 11.6 Å². The van der Waals surface area contributed by atoms with Gasteiger partial charge in [-0.3, -0.25) is 0 Å². The molecule has 1 nitrogen and oxygen atoms in total. The van der Waals surface area contributed by atoms with Crippen molar-refractivity contribution >= 4 is 11.6 Å². The summed E-state index contributed by atoms with van der Waals surface area (Å²) >= 11 is 5.41. The van der Waals surface area contributed by atoms with E-state index in [0.717, 1.165) is 5.03 Å². The molecule has 2 heteroatoms. The van der Waals surface area contributed by atoms with Crippen LogP contribution in [0.2, 0.25) is 0 Å². The van der Waals surface area contributed by atoms with Gasteiger partial charge in [0.05, 0.1) is 13.7 Å². The van der Waals surface area contributed by atoms with Crippen LogP contribution in [0.25, 0.3) is 0 Å². The largest absolute Gasteiger partial charge is 0.375 e. The Morgan fingerprint density at radius 1 is 2.00 bits per heavy atom. The molecule has 1 radical (unpaired) electrons. The van der Waals surface area contributed by atoms with Gasteiger partial charge in [-0.05, 0) is 13.0 Å². The fraction of sp³-hybridized carbons (Fsp3) is 0.400. The first-order valence-corrected chi connectivity index (χ1v) is 2.34. The van der Waals surface area contributed by atoms with Crippen LogP contribution in [-0.4, -0.2) is 6.61 Å². The minimum atomic E-state index is 0.495. The maximum Gasteiger partial charge on any atom is 0.0704 e. The van der Waals surface area contributed by atoms with Crippen molar-refractivity contribution in [3.8, 4) is 0 Å². The first-order chi connectivity index (χ1) is 3.27. The molecule has 0 aliphatic rings. The topological polar surface area (TPSA) is 9.23 Å². The van der Waals surface area contributed by atoms with E-state index in [1.165, 1.54) is 0 Å². The summed E-state index contributed by atoms with van der Waals surface area (Å²) in [6.45, 7) is 2.29. The Bertz CT molecular complexity index is 64.5. The molecule has 0 bridgehead atoms. The predicted molar refractivity (Wildman–Crippen MR) is 30.9 cm³/mol. The second-order valence-electron chi connectivity index (χ2n) is 1.16. The van der Waals surface area contributed by atoms with Gasteiger partial charge in [-0.1, -0.05) is 11.6 Å². The van der Waals surface area contributed by atoms with Crippen LogP contribution in [0.4, 0.5) is 0 Å². The first-order valence-electron chi connectivity index (χ1n) is 1.96. The number of halogens is 1. The number of hydrogen-bond acceptors (Lipinski definition) is 1. The van der Waals surface area contributed by atoms with Crippen LogP contribution in [0.3, 0.4) is 0 Å². The molecule has 0 aromatic carbocycles. The van der Waals surface area contributed by atoms with Gasteiger partial charge in [-0.25, -0.2) is 0 Å². The van der Waals surface area contributed by atoms with Crippen molar-refractivity contribution in [1.82, 2.24) is 0 Å². The zero-order valence-corrected chi connectivity index (χ0v) is 5.03. The standard InChI is InChI=1S/C5H8ClO/c1-5(6)3-4-7-2/h3H,2,4H2,1H3. The minimum absolute atomic E-state index is 0.495. The molecule has 0 spiro atoms. The number of rotatable bonds is 2. The quantitative estimate of drug-likeness (QED) is 0.540. The summed E-state index contributed by atoms with van der Waals surface area (Å²) < 4.78 is 4.44. The van der Waals surface area contributed by atoms with Crippen LogP contribution in [-0.2, 0) is 4.74 Å². The second kappa shape index (κ2) is 4.16. The molecular weight excluding hydrogens is 112 g/mol. The first kappa shape index (κ1) is 6.99. The van der Waals surface area contributed by atoms with E-state index >= 15 is 0 Å². The zero-order chi connectivity index (χ0) is 5.70. The molecule has 0 aromatic heterocycles. The SMILES string of the molecule is [CH2]OCC=C(C)Cl. The molecule has 0 heterocycles. The molecule has 0 N–H and O–H groups in total. The van der Waals surface area contributed by atoms with E-state index in [2.05, 4.69) is 11.8 Å². The van der Waals surface area contributed by atoms with Gasteiger partial charge in [0.1, 0.15) is 0 Å². The highest BCUT2D eigenvalue weighted by Crippen LogP contribution is 1.95. The molecule has 0 saturated carbocycles. The zero-order valence-electron chi connectivity index (χ0n) is 4.28. The molecule has 0 atom stereocenters. The number of allylic oxidation sites excluding steroid dienone is 1. The smallest absolute Gasteiger partial charge is 0.0704 e. The Balaban J connectivity index is 3.08. The van der Waals surface area contributed by atoms with Crippen molar-refractivity contribution in [3.63, 3.8) is 0 Å². The van der Waals surface area contributed by atoms with Crippen molar-refractivity contribution in [2.24, 2.45) is 0 Å². The third-order valence-corrected chi connectivity index (χ3v) is 0.637. The van der Waals surface area contributed by atoms with E-state index in [-0.39, 0.29) is 0 Å². The van der Waals surface area contributed by atoms with Crippen LogP contribution < -0.4 is 0 Å². The average Bonchev–Trinajstić information content (AvgIpc) is 1.61. The molecule has 0 aliphatic carbocycles. The highest BCUT2D eigenvalue weighted by Gasteiger charge is 1.75. The van der Waals surface area contributed by atoms with Gasteiger partial charge < -0.3 is 4.74 Å². The lowest BCUT2D eigenvalue weighted by Crippen LogP contribution is -1.77. The highest BCUT2D eigenvalue weighted by atomic mass is 35.5. The molecule has 41 valence electrons. The molecule has 0 unspecified atom stereocenters. The third-order valence-electron chi connectivity index (χ3n) is 0.482. The Morgan fingerprint density at radius 2 is 2.57 bits per heavy atom. The van der Waals surface area contributed by atoms with E-state index in [1.54, 1.807) is 13.0 Å². The number of ether oxygens (including phenoxy) is 1. The van der Waals surface area contributed by atoms with Crippen molar-refractivity contribution in [3.05, 3.63) is 18.2 Å². The Morgan fingerprint density at radius 3 is 2.71 bits per heavy atom. The van der Waals surface area contributed by atoms with E-state index in [0.29, 0.717) is 6.61 Å². The summed E-state index contributed by atoms with van der Waals surface area (Å²) in [6, 6.07) is 0. The minimum Gasteiger partial charge on any atom is -0.375 e. The van der Waals surface area contributed by atoms with Crippen molar-refractivity contribution in [1.29, 1.82) is 0 Å². The lowest BCUT2D eigenvalue weighted by Gasteiger charge is -1.85. The molecule has 0 saturated heterocycles. The third kappa shape index (κ3) is 5.99. The molecular formula is C5H8ClO. The summed E-state index contributed by atoms with van der Waals surface area (Å²) in [5.74, 6) is 0. The fourth-order valence-electron chi connectivity index (χ4n) is 0.174. The molecule has 0 amide bonds. The van der Waals surface area contributed by atoms with Gasteiger partial charge in [-0.15, -0.1) is 0 Å². The Labute approximate surface area is 48.9 Å². The summed E-state index contributed by atoms with van der Waals surface area (Å²) in [4.78, 5) is 0. The van der Waals surface area contributed by atoms with E-state index in [1.807, 2.05) is 0 Å². The summed E-state index contributed by atoms with van der Waals surface area (Å²) in [5.41, 5.74) is 0. The van der Waals surface area contributed by atoms with Crippen LogP contribution in [0, 0.1) is 7.11 Å². The molecule has 0 rings (SSSR count). The lowest BCUT2D eigenvalue weighted by atomic mass is 10.5. The van der Waals surface area contributed by atoms with Crippen molar-refractivity contribution < 1.29 is 4.74 Å². The van der Waals surface area contributed by atoms with Crippen LogP contribution in [0.5, 0.6) is 0 Å². The van der Waals surface area contributed by atoms with Crippen LogP contribution >= 0.6 is 11.6 Å². The summed E-state index contributed by atoms with van der Waals surface area (Å²) in [7, 11) is 3.15. The molecule has 7 heavy (non-hydrogen) atoms. The Kier molecular flexibility index (Phi) is 4.15. The van der Waals surface area contributed by atoms with Crippen LogP contribution in [0.1, 0.15) is 6.92 Å². The van der Waals surface area contributed by atoms with Crippen molar-refractivity contribution in [2.75, 3.05) is 6.61 Å². The maximum atomic E-state index is 5.41. The summed E-state index contributed by atoms with van der Waals surface area (Å²) in [5, 5.41) is 0.739. The fourth-order valence-corrected chi connectivity index (χ4v) is 0.237. The van der Waals surface area contributed by atoms with Gasteiger partial charge >= 0.3 is 0 Å². The molecule has 0 aromatic rings. The van der Waals surface area contributed by atoms with Gasteiger partial charge in [0, 0.05) is 5.03 Å². The normalized spacial score (nSPS) is 12.1. The molecule has 0 fully saturated rings. The highest BCUT2D eigenvalue weighted by molar-refractivity contribution is 6.29. The summed E-state index contributed by atoms with van der Waals surface area (Å²) in [6.07, 6.45) is 1.74. The maximum absolute atomic E-state index is 5.41. The van der Waals surface area contributed by atoms with E-state index in [9.17, 15) is 0 Å². The van der Waals surface area contributed by atoms with Crippen molar-refractivity contribution in [2.45, 2.75) is 6.92 Å².